The second kappa shape index (κ2) is 9.94. The first-order chi connectivity index (χ1) is 11.7. The van der Waals surface area contributed by atoms with Crippen LogP contribution in [0.25, 0.3) is 0 Å². The summed E-state index contributed by atoms with van der Waals surface area (Å²) in [6.07, 6.45) is 6.37. The Bertz CT molecular complexity index is 568. The van der Waals surface area contributed by atoms with Gasteiger partial charge in [0, 0.05) is 6.54 Å². The summed E-state index contributed by atoms with van der Waals surface area (Å²) in [5.74, 6) is 0.981. The minimum absolute atomic E-state index is 0.00265. The number of ether oxygens (including phenoxy) is 1. The summed E-state index contributed by atoms with van der Waals surface area (Å²) in [6, 6.07) is 9.17. The average molecular weight is 330 g/mol. The number of nitrogens with one attached hydrogen (secondary N) is 1. The molecular formula is C19H26N2O3. The molecule has 0 spiro atoms. The van der Waals surface area contributed by atoms with Crippen LogP contribution >= 0.6 is 0 Å². The maximum absolute atomic E-state index is 12.0. The SMILES string of the molecule is N#CCOc1cccc(CC(=O)NCCCC2CCCCC2O)c1. The molecule has 1 saturated carbocycles. The van der Waals surface area contributed by atoms with Gasteiger partial charge in [0.05, 0.1) is 12.5 Å². The lowest BCUT2D eigenvalue weighted by Crippen LogP contribution is -2.28. The minimum Gasteiger partial charge on any atom is -0.479 e. The minimum atomic E-state index is -0.161. The van der Waals surface area contributed by atoms with Gasteiger partial charge in [0.1, 0.15) is 11.8 Å². The van der Waals surface area contributed by atoms with E-state index in [-0.39, 0.29) is 18.6 Å². The van der Waals surface area contributed by atoms with E-state index in [2.05, 4.69) is 5.32 Å². The van der Waals surface area contributed by atoms with Gasteiger partial charge in [0.2, 0.25) is 5.91 Å². The zero-order valence-corrected chi connectivity index (χ0v) is 14.0. The largest absolute Gasteiger partial charge is 0.479 e. The molecule has 130 valence electrons. The lowest BCUT2D eigenvalue weighted by molar-refractivity contribution is -0.120. The summed E-state index contributed by atoms with van der Waals surface area (Å²) in [5, 5.41) is 21.4. The Hall–Kier alpha value is -2.06. The van der Waals surface area contributed by atoms with E-state index in [1.54, 1.807) is 12.1 Å². The Balaban J connectivity index is 1.67. The fraction of sp³-hybridized carbons (Fsp3) is 0.579. The second-order valence-corrected chi connectivity index (χ2v) is 6.38. The van der Waals surface area contributed by atoms with Crippen molar-refractivity contribution in [2.75, 3.05) is 13.2 Å². The van der Waals surface area contributed by atoms with Crippen LogP contribution in [-0.4, -0.2) is 30.3 Å². The molecule has 0 bridgehead atoms. The molecule has 2 unspecified atom stereocenters. The van der Waals surface area contributed by atoms with Crippen LogP contribution in [0.5, 0.6) is 5.75 Å². The molecule has 1 amide bonds. The van der Waals surface area contributed by atoms with Crippen molar-refractivity contribution < 1.29 is 14.6 Å². The van der Waals surface area contributed by atoms with Crippen LogP contribution in [0.2, 0.25) is 0 Å². The molecule has 0 heterocycles. The molecular weight excluding hydrogens is 304 g/mol. The van der Waals surface area contributed by atoms with E-state index in [4.69, 9.17) is 10.00 Å². The fourth-order valence-corrected chi connectivity index (χ4v) is 3.23. The molecule has 0 radical (unpaired) electrons. The second-order valence-electron chi connectivity index (χ2n) is 6.38. The van der Waals surface area contributed by atoms with Crippen molar-refractivity contribution in [1.82, 2.24) is 5.32 Å². The monoisotopic (exact) mass is 330 g/mol. The number of hydrogen-bond acceptors (Lipinski definition) is 4. The van der Waals surface area contributed by atoms with Gasteiger partial charge in [0.15, 0.2) is 6.61 Å². The van der Waals surface area contributed by atoms with Crippen LogP contribution in [0.4, 0.5) is 0 Å². The van der Waals surface area contributed by atoms with Crippen LogP contribution in [0.3, 0.4) is 0 Å². The summed E-state index contributed by atoms with van der Waals surface area (Å²) in [7, 11) is 0. The number of aliphatic hydroxyl groups is 1. The van der Waals surface area contributed by atoms with Gasteiger partial charge in [-0.2, -0.15) is 5.26 Å². The first kappa shape index (κ1) is 18.3. The molecule has 24 heavy (non-hydrogen) atoms. The van der Waals surface area contributed by atoms with Crippen LogP contribution in [0.15, 0.2) is 24.3 Å². The predicted octanol–water partition coefficient (Wildman–Crippen LogP) is 2.58. The summed E-state index contributed by atoms with van der Waals surface area (Å²) in [6.45, 7) is 0.648. The molecule has 0 aromatic heterocycles. The van der Waals surface area contributed by atoms with E-state index in [9.17, 15) is 9.90 Å². The number of aliphatic hydroxyl groups excluding tert-OH is 1. The first-order valence-corrected chi connectivity index (χ1v) is 8.72. The van der Waals surface area contributed by atoms with Crippen LogP contribution in [-0.2, 0) is 11.2 Å². The molecule has 2 N–H and O–H groups in total. The average Bonchev–Trinajstić information content (AvgIpc) is 2.58. The van der Waals surface area contributed by atoms with E-state index in [1.165, 1.54) is 6.42 Å². The molecule has 1 aliphatic carbocycles. The summed E-state index contributed by atoms with van der Waals surface area (Å²) >= 11 is 0. The summed E-state index contributed by atoms with van der Waals surface area (Å²) in [4.78, 5) is 12.0. The normalized spacial score (nSPS) is 20.2. The molecule has 1 aliphatic rings. The molecule has 1 aromatic rings. The number of nitriles is 1. The topological polar surface area (TPSA) is 82.3 Å². The van der Waals surface area contributed by atoms with Gasteiger partial charge in [-0.15, -0.1) is 0 Å². The van der Waals surface area contributed by atoms with Gasteiger partial charge in [-0.1, -0.05) is 25.0 Å². The molecule has 2 atom stereocenters. The van der Waals surface area contributed by atoms with Crippen molar-refractivity contribution in [3.8, 4) is 11.8 Å². The van der Waals surface area contributed by atoms with E-state index >= 15 is 0 Å². The van der Waals surface area contributed by atoms with Crippen molar-refractivity contribution >= 4 is 5.91 Å². The molecule has 1 aromatic carbocycles. The molecule has 5 nitrogen and oxygen atoms in total. The summed E-state index contributed by atoms with van der Waals surface area (Å²) < 4.78 is 5.24. The lowest BCUT2D eigenvalue weighted by atomic mass is 9.83. The van der Waals surface area contributed by atoms with Crippen LogP contribution in [0.1, 0.15) is 44.1 Å². The smallest absolute Gasteiger partial charge is 0.224 e. The maximum atomic E-state index is 12.0. The Kier molecular flexibility index (Phi) is 7.57. The molecule has 2 rings (SSSR count). The third-order valence-corrected chi connectivity index (χ3v) is 4.51. The Morgan fingerprint density at radius 1 is 1.38 bits per heavy atom. The zero-order valence-electron chi connectivity index (χ0n) is 14.0. The third kappa shape index (κ3) is 6.21. The molecule has 1 fully saturated rings. The van der Waals surface area contributed by atoms with Gasteiger partial charge in [-0.05, 0) is 49.3 Å². The standard InChI is InChI=1S/C19H26N2O3/c20-10-12-24-17-8-3-5-15(13-17)14-19(23)21-11-4-7-16-6-1-2-9-18(16)22/h3,5,8,13,16,18,22H,1-2,4,6-7,9,11-12,14H2,(H,21,23). The molecule has 5 heteroatoms. The Morgan fingerprint density at radius 3 is 3.00 bits per heavy atom. The number of carbonyl (C=O) groups excluding carboxylic acids is 1. The number of amides is 1. The maximum Gasteiger partial charge on any atom is 0.224 e. The van der Waals surface area contributed by atoms with Crippen LogP contribution in [0, 0.1) is 17.2 Å². The van der Waals surface area contributed by atoms with Crippen molar-refractivity contribution in [3.63, 3.8) is 0 Å². The quantitative estimate of drug-likeness (QED) is 0.718. The van der Waals surface area contributed by atoms with Gasteiger partial charge in [0.25, 0.3) is 0 Å². The highest BCUT2D eigenvalue weighted by atomic mass is 16.5. The lowest BCUT2D eigenvalue weighted by Gasteiger charge is -2.27. The number of carbonyl (C=O) groups is 1. The Labute approximate surface area is 143 Å². The highest BCUT2D eigenvalue weighted by Crippen LogP contribution is 2.27. The number of nitrogens with zero attached hydrogens (tertiary/aromatic N) is 1. The van der Waals surface area contributed by atoms with E-state index in [1.807, 2.05) is 18.2 Å². The van der Waals surface area contributed by atoms with Gasteiger partial charge < -0.3 is 15.2 Å². The number of rotatable bonds is 8. The highest BCUT2D eigenvalue weighted by molar-refractivity contribution is 5.78. The van der Waals surface area contributed by atoms with Gasteiger partial charge in [-0.3, -0.25) is 4.79 Å². The number of benzene rings is 1. The Morgan fingerprint density at radius 2 is 2.21 bits per heavy atom. The highest BCUT2D eigenvalue weighted by Gasteiger charge is 2.22. The van der Waals surface area contributed by atoms with E-state index in [0.29, 0.717) is 24.6 Å². The van der Waals surface area contributed by atoms with Crippen molar-refractivity contribution in [2.24, 2.45) is 5.92 Å². The van der Waals surface area contributed by atoms with E-state index in [0.717, 1.165) is 37.7 Å². The zero-order chi connectivity index (χ0) is 17.2. The molecule has 0 aliphatic heterocycles. The van der Waals surface area contributed by atoms with Crippen molar-refractivity contribution in [1.29, 1.82) is 5.26 Å². The predicted molar refractivity (Wildman–Crippen MR) is 91.5 cm³/mol. The van der Waals surface area contributed by atoms with Gasteiger partial charge in [-0.25, -0.2) is 0 Å². The van der Waals surface area contributed by atoms with E-state index < -0.39 is 0 Å². The number of hydrogen-bond donors (Lipinski definition) is 2. The fourth-order valence-electron chi connectivity index (χ4n) is 3.23. The van der Waals surface area contributed by atoms with Crippen molar-refractivity contribution in [3.05, 3.63) is 29.8 Å². The molecule has 0 saturated heterocycles. The van der Waals surface area contributed by atoms with Crippen LogP contribution < -0.4 is 10.1 Å². The first-order valence-electron chi connectivity index (χ1n) is 8.72. The third-order valence-electron chi connectivity index (χ3n) is 4.51. The van der Waals surface area contributed by atoms with Crippen molar-refractivity contribution in [2.45, 2.75) is 51.0 Å². The summed E-state index contributed by atoms with van der Waals surface area (Å²) in [5.41, 5.74) is 0.866. The van der Waals surface area contributed by atoms with Gasteiger partial charge >= 0.3 is 0 Å².